The summed E-state index contributed by atoms with van der Waals surface area (Å²) >= 11 is 0. The molecule has 1 aliphatic rings. The standard InChI is InChI=1S/C23H25FN4O/c1-2-21-25-12-14-28(21)22-7-3-6-20(26-22)18-5-4-13-27(16-18)23(29)15-17-8-10-19(24)11-9-17/h3,6-12,14,18H,2,4-5,13,15-16H2,1H3/t18-/m0/s1. The highest BCUT2D eigenvalue weighted by Crippen LogP contribution is 2.27. The van der Waals surface area contributed by atoms with Crippen molar-refractivity contribution in [3.8, 4) is 5.82 Å². The summed E-state index contributed by atoms with van der Waals surface area (Å²) in [5.74, 6) is 1.87. The first-order valence-corrected chi connectivity index (χ1v) is 10.2. The monoisotopic (exact) mass is 392 g/mol. The average molecular weight is 392 g/mol. The van der Waals surface area contributed by atoms with E-state index in [-0.39, 0.29) is 17.6 Å². The molecule has 5 nitrogen and oxygen atoms in total. The van der Waals surface area contributed by atoms with E-state index in [9.17, 15) is 9.18 Å². The molecule has 0 bridgehead atoms. The van der Waals surface area contributed by atoms with Crippen molar-refractivity contribution in [2.75, 3.05) is 13.1 Å². The predicted octanol–water partition coefficient (Wildman–Crippen LogP) is 3.92. The number of aryl methyl sites for hydroxylation is 1. The Labute approximate surface area is 170 Å². The summed E-state index contributed by atoms with van der Waals surface area (Å²) in [4.78, 5) is 23.9. The molecule has 3 aromatic rings. The number of amides is 1. The van der Waals surface area contributed by atoms with E-state index in [2.05, 4.69) is 11.9 Å². The van der Waals surface area contributed by atoms with Crippen LogP contribution in [0.4, 0.5) is 4.39 Å². The van der Waals surface area contributed by atoms with E-state index in [1.165, 1.54) is 12.1 Å². The first-order chi connectivity index (χ1) is 14.1. The minimum Gasteiger partial charge on any atom is -0.342 e. The lowest BCUT2D eigenvalue weighted by Crippen LogP contribution is -2.40. The van der Waals surface area contributed by atoms with Crippen LogP contribution in [-0.4, -0.2) is 38.4 Å². The normalized spacial score (nSPS) is 16.8. The molecule has 29 heavy (non-hydrogen) atoms. The van der Waals surface area contributed by atoms with Gasteiger partial charge in [0.2, 0.25) is 5.91 Å². The number of hydrogen-bond acceptors (Lipinski definition) is 3. The van der Waals surface area contributed by atoms with E-state index in [4.69, 9.17) is 4.98 Å². The van der Waals surface area contributed by atoms with Crippen LogP contribution in [0, 0.1) is 5.82 Å². The molecule has 0 unspecified atom stereocenters. The molecular formula is C23H25FN4O. The fourth-order valence-electron chi connectivity index (χ4n) is 3.94. The average Bonchev–Trinajstić information content (AvgIpc) is 3.24. The summed E-state index contributed by atoms with van der Waals surface area (Å²) in [5.41, 5.74) is 1.85. The first-order valence-electron chi connectivity index (χ1n) is 10.2. The second-order valence-corrected chi connectivity index (χ2v) is 7.47. The number of rotatable bonds is 5. The molecule has 0 aliphatic carbocycles. The Bertz CT molecular complexity index is 983. The zero-order chi connectivity index (χ0) is 20.2. The van der Waals surface area contributed by atoms with Gasteiger partial charge < -0.3 is 4.90 Å². The molecule has 1 fully saturated rings. The third-order valence-corrected chi connectivity index (χ3v) is 5.50. The van der Waals surface area contributed by atoms with Crippen LogP contribution < -0.4 is 0 Å². The molecule has 6 heteroatoms. The summed E-state index contributed by atoms with van der Waals surface area (Å²) < 4.78 is 15.1. The Morgan fingerprint density at radius 2 is 2.03 bits per heavy atom. The van der Waals surface area contributed by atoms with Crippen LogP contribution in [0.1, 0.15) is 42.8 Å². The van der Waals surface area contributed by atoms with E-state index < -0.39 is 0 Å². The topological polar surface area (TPSA) is 51.0 Å². The van der Waals surface area contributed by atoms with E-state index in [0.717, 1.165) is 48.7 Å². The van der Waals surface area contributed by atoms with Crippen molar-refractivity contribution in [1.82, 2.24) is 19.4 Å². The van der Waals surface area contributed by atoms with E-state index in [0.29, 0.717) is 13.0 Å². The van der Waals surface area contributed by atoms with Crippen LogP contribution in [0.5, 0.6) is 0 Å². The number of benzene rings is 1. The minimum absolute atomic E-state index is 0.0836. The first kappa shape index (κ1) is 19.3. The van der Waals surface area contributed by atoms with Crippen molar-refractivity contribution in [3.63, 3.8) is 0 Å². The van der Waals surface area contributed by atoms with Gasteiger partial charge in [0.1, 0.15) is 17.5 Å². The summed E-state index contributed by atoms with van der Waals surface area (Å²) in [7, 11) is 0. The van der Waals surface area contributed by atoms with Gasteiger partial charge in [-0.15, -0.1) is 0 Å². The Balaban J connectivity index is 1.47. The SMILES string of the molecule is CCc1nccn1-c1cccc([C@H]2CCCN(C(=O)Cc3ccc(F)cc3)C2)n1. The van der Waals surface area contributed by atoms with Crippen molar-refractivity contribution in [3.05, 3.63) is 77.8 Å². The summed E-state index contributed by atoms with van der Waals surface area (Å²) in [6, 6.07) is 12.2. The van der Waals surface area contributed by atoms with Crippen LogP contribution in [-0.2, 0) is 17.6 Å². The Hall–Kier alpha value is -3.02. The number of carbonyl (C=O) groups is 1. The zero-order valence-corrected chi connectivity index (χ0v) is 16.6. The lowest BCUT2D eigenvalue weighted by molar-refractivity contribution is -0.131. The lowest BCUT2D eigenvalue weighted by Gasteiger charge is -2.32. The number of likely N-dealkylation sites (tertiary alicyclic amines) is 1. The van der Waals surface area contributed by atoms with Crippen LogP contribution in [0.25, 0.3) is 5.82 Å². The number of halogens is 1. The largest absolute Gasteiger partial charge is 0.342 e. The van der Waals surface area contributed by atoms with Crippen LogP contribution >= 0.6 is 0 Å². The highest BCUT2D eigenvalue weighted by Gasteiger charge is 2.26. The molecule has 1 amide bonds. The van der Waals surface area contributed by atoms with E-state index in [1.807, 2.05) is 33.9 Å². The molecule has 3 heterocycles. The molecule has 0 radical (unpaired) electrons. The number of piperidine rings is 1. The summed E-state index contributed by atoms with van der Waals surface area (Å²) in [6.07, 6.45) is 6.84. The second-order valence-electron chi connectivity index (χ2n) is 7.47. The highest BCUT2D eigenvalue weighted by molar-refractivity contribution is 5.79. The molecule has 1 atom stereocenters. The maximum absolute atomic E-state index is 13.1. The fourth-order valence-corrected chi connectivity index (χ4v) is 3.94. The van der Waals surface area contributed by atoms with Crippen molar-refractivity contribution >= 4 is 5.91 Å². The number of aromatic nitrogens is 3. The predicted molar refractivity (Wildman–Crippen MR) is 109 cm³/mol. The maximum Gasteiger partial charge on any atom is 0.227 e. The van der Waals surface area contributed by atoms with Gasteiger partial charge in [-0.1, -0.05) is 25.1 Å². The Kier molecular flexibility index (Phi) is 5.69. The van der Waals surface area contributed by atoms with Gasteiger partial charge in [0.15, 0.2) is 0 Å². The summed E-state index contributed by atoms with van der Waals surface area (Å²) in [5, 5.41) is 0. The summed E-state index contributed by atoms with van der Waals surface area (Å²) in [6.45, 7) is 3.51. The van der Waals surface area contributed by atoms with Gasteiger partial charge in [0.05, 0.1) is 6.42 Å². The van der Waals surface area contributed by atoms with Crippen molar-refractivity contribution in [2.45, 2.75) is 38.5 Å². The number of carbonyl (C=O) groups excluding carboxylic acids is 1. The van der Waals surface area contributed by atoms with E-state index in [1.54, 1.807) is 18.3 Å². The van der Waals surface area contributed by atoms with Gasteiger partial charge in [-0.3, -0.25) is 9.36 Å². The zero-order valence-electron chi connectivity index (χ0n) is 16.6. The molecule has 2 aromatic heterocycles. The van der Waals surface area contributed by atoms with Crippen molar-refractivity contribution in [1.29, 1.82) is 0 Å². The number of pyridine rings is 1. The molecule has 0 spiro atoms. The van der Waals surface area contributed by atoms with Crippen LogP contribution in [0.2, 0.25) is 0 Å². The van der Waals surface area contributed by atoms with Crippen LogP contribution in [0.3, 0.4) is 0 Å². The quantitative estimate of drug-likeness (QED) is 0.661. The number of hydrogen-bond donors (Lipinski definition) is 0. The molecule has 4 rings (SSSR count). The molecular weight excluding hydrogens is 367 g/mol. The van der Waals surface area contributed by atoms with Gasteiger partial charge in [-0.2, -0.15) is 0 Å². The van der Waals surface area contributed by atoms with Gasteiger partial charge in [-0.05, 0) is 42.7 Å². The number of imidazole rings is 1. The van der Waals surface area contributed by atoms with Gasteiger partial charge in [0.25, 0.3) is 0 Å². The van der Waals surface area contributed by atoms with E-state index >= 15 is 0 Å². The maximum atomic E-state index is 13.1. The fraction of sp³-hybridized carbons (Fsp3) is 0.348. The van der Waals surface area contributed by atoms with Gasteiger partial charge >= 0.3 is 0 Å². The minimum atomic E-state index is -0.283. The highest BCUT2D eigenvalue weighted by atomic mass is 19.1. The molecule has 1 aromatic carbocycles. The molecule has 0 saturated carbocycles. The third kappa shape index (κ3) is 4.36. The lowest BCUT2D eigenvalue weighted by atomic mass is 9.93. The smallest absolute Gasteiger partial charge is 0.227 e. The van der Waals surface area contributed by atoms with Crippen molar-refractivity contribution in [2.24, 2.45) is 0 Å². The molecule has 1 aliphatic heterocycles. The Morgan fingerprint density at radius 3 is 2.83 bits per heavy atom. The van der Waals surface area contributed by atoms with Crippen molar-refractivity contribution < 1.29 is 9.18 Å². The molecule has 1 saturated heterocycles. The van der Waals surface area contributed by atoms with Gasteiger partial charge in [0, 0.05) is 43.5 Å². The Morgan fingerprint density at radius 1 is 1.21 bits per heavy atom. The molecule has 150 valence electrons. The van der Waals surface area contributed by atoms with Gasteiger partial charge in [-0.25, -0.2) is 14.4 Å². The number of nitrogens with zero attached hydrogens (tertiary/aromatic N) is 4. The third-order valence-electron chi connectivity index (χ3n) is 5.50. The van der Waals surface area contributed by atoms with Crippen LogP contribution in [0.15, 0.2) is 54.9 Å². The second kappa shape index (κ2) is 8.55. The molecule has 0 N–H and O–H groups in total.